The SMILES string of the molecule is CCOc1ccc2c(=O)c(C)c(C)oc2c1CN(C)C. The van der Waals surface area contributed by atoms with Crippen molar-refractivity contribution < 1.29 is 9.15 Å². The summed E-state index contributed by atoms with van der Waals surface area (Å²) in [5, 5.41) is 0.619. The molecule has 0 aliphatic rings. The summed E-state index contributed by atoms with van der Waals surface area (Å²) >= 11 is 0. The molecule has 20 heavy (non-hydrogen) atoms. The predicted octanol–water partition coefficient (Wildman–Crippen LogP) is 2.87. The number of benzene rings is 1. The zero-order valence-corrected chi connectivity index (χ0v) is 12.7. The van der Waals surface area contributed by atoms with E-state index in [2.05, 4.69) is 0 Å². The minimum Gasteiger partial charge on any atom is -0.493 e. The topological polar surface area (TPSA) is 42.7 Å². The van der Waals surface area contributed by atoms with E-state index < -0.39 is 0 Å². The van der Waals surface area contributed by atoms with E-state index in [-0.39, 0.29) is 5.43 Å². The van der Waals surface area contributed by atoms with E-state index in [9.17, 15) is 4.79 Å². The third-order valence-electron chi connectivity index (χ3n) is 3.36. The Hall–Kier alpha value is -1.81. The predicted molar refractivity (Wildman–Crippen MR) is 80.5 cm³/mol. The van der Waals surface area contributed by atoms with Crippen LogP contribution in [-0.2, 0) is 6.54 Å². The lowest BCUT2D eigenvalue weighted by atomic mass is 10.1. The van der Waals surface area contributed by atoms with Gasteiger partial charge in [-0.05, 0) is 47.0 Å². The van der Waals surface area contributed by atoms with Gasteiger partial charge in [0.15, 0.2) is 5.43 Å². The Morgan fingerprint density at radius 1 is 1.25 bits per heavy atom. The van der Waals surface area contributed by atoms with Crippen molar-refractivity contribution in [1.29, 1.82) is 0 Å². The first-order valence-electron chi connectivity index (χ1n) is 6.79. The van der Waals surface area contributed by atoms with Gasteiger partial charge in [0, 0.05) is 12.1 Å². The summed E-state index contributed by atoms with van der Waals surface area (Å²) < 4.78 is 11.6. The number of nitrogens with zero attached hydrogens (tertiary/aromatic N) is 1. The van der Waals surface area contributed by atoms with Crippen molar-refractivity contribution in [1.82, 2.24) is 4.90 Å². The number of fused-ring (bicyclic) bond motifs is 1. The van der Waals surface area contributed by atoms with Gasteiger partial charge in [-0.15, -0.1) is 0 Å². The highest BCUT2D eigenvalue weighted by Crippen LogP contribution is 2.29. The Morgan fingerprint density at radius 3 is 2.55 bits per heavy atom. The van der Waals surface area contributed by atoms with Crippen LogP contribution in [0.25, 0.3) is 11.0 Å². The standard InChI is InChI=1S/C16H21NO3/c1-6-19-14-8-7-12-15(18)10(2)11(3)20-16(12)13(14)9-17(4)5/h7-8H,6,9H2,1-5H3. The third kappa shape index (κ3) is 2.56. The maximum Gasteiger partial charge on any atom is 0.195 e. The van der Waals surface area contributed by atoms with Gasteiger partial charge in [0.1, 0.15) is 17.1 Å². The van der Waals surface area contributed by atoms with Crippen LogP contribution >= 0.6 is 0 Å². The first-order chi connectivity index (χ1) is 9.45. The van der Waals surface area contributed by atoms with Crippen LogP contribution in [0, 0.1) is 13.8 Å². The fourth-order valence-corrected chi connectivity index (χ4v) is 2.25. The molecule has 0 aliphatic heterocycles. The summed E-state index contributed by atoms with van der Waals surface area (Å²) in [6.07, 6.45) is 0. The van der Waals surface area contributed by atoms with Crippen LogP contribution in [0.3, 0.4) is 0 Å². The molecule has 1 aromatic heterocycles. The van der Waals surface area contributed by atoms with E-state index in [0.717, 1.165) is 11.3 Å². The Balaban J connectivity index is 2.79. The van der Waals surface area contributed by atoms with E-state index in [1.165, 1.54) is 0 Å². The van der Waals surface area contributed by atoms with Crippen molar-refractivity contribution in [3.63, 3.8) is 0 Å². The quantitative estimate of drug-likeness (QED) is 0.860. The van der Waals surface area contributed by atoms with Gasteiger partial charge in [-0.1, -0.05) is 0 Å². The summed E-state index contributed by atoms with van der Waals surface area (Å²) in [5.74, 6) is 1.44. The second-order valence-corrected chi connectivity index (χ2v) is 5.20. The number of ether oxygens (including phenoxy) is 1. The fraction of sp³-hybridized carbons (Fsp3) is 0.438. The highest BCUT2D eigenvalue weighted by molar-refractivity contribution is 5.82. The largest absolute Gasteiger partial charge is 0.493 e. The van der Waals surface area contributed by atoms with E-state index in [1.54, 1.807) is 13.0 Å². The summed E-state index contributed by atoms with van der Waals surface area (Å²) in [7, 11) is 3.96. The van der Waals surface area contributed by atoms with E-state index in [1.807, 2.05) is 38.9 Å². The number of hydrogen-bond donors (Lipinski definition) is 0. The smallest absolute Gasteiger partial charge is 0.195 e. The number of aryl methyl sites for hydroxylation is 1. The van der Waals surface area contributed by atoms with Crippen molar-refractivity contribution in [2.24, 2.45) is 0 Å². The van der Waals surface area contributed by atoms with Gasteiger partial charge >= 0.3 is 0 Å². The summed E-state index contributed by atoms with van der Waals surface area (Å²) in [5.41, 5.74) is 2.26. The van der Waals surface area contributed by atoms with Crippen molar-refractivity contribution in [2.75, 3.05) is 20.7 Å². The number of rotatable bonds is 4. The van der Waals surface area contributed by atoms with Crippen molar-refractivity contribution in [3.8, 4) is 5.75 Å². The van der Waals surface area contributed by atoms with Crippen LogP contribution in [0.4, 0.5) is 0 Å². The average molecular weight is 275 g/mol. The highest BCUT2D eigenvalue weighted by atomic mass is 16.5. The molecule has 1 aromatic carbocycles. The minimum absolute atomic E-state index is 0.0341. The van der Waals surface area contributed by atoms with Crippen LogP contribution in [0.1, 0.15) is 23.8 Å². The van der Waals surface area contributed by atoms with Crippen molar-refractivity contribution in [2.45, 2.75) is 27.3 Å². The number of hydrogen-bond acceptors (Lipinski definition) is 4. The van der Waals surface area contributed by atoms with Gasteiger partial charge < -0.3 is 14.1 Å². The van der Waals surface area contributed by atoms with E-state index >= 15 is 0 Å². The zero-order chi connectivity index (χ0) is 14.9. The van der Waals surface area contributed by atoms with Gasteiger partial charge in [-0.25, -0.2) is 0 Å². The molecule has 0 atom stereocenters. The molecule has 0 spiro atoms. The lowest BCUT2D eigenvalue weighted by Crippen LogP contribution is -2.14. The van der Waals surface area contributed by atoms with Crippen LogP contribution in [0.15, 0.2) is 21.3 Å². The van der Waals surface area contributed by atoms with Crippen molar-refractivity contribution >= 4 is 11.0 Å². The molecular formula is C16H21NO3. The fourth-order valence-electron chi connectivity index (χ4n) is 2.25. The van der Waals surface area contributed by atoms with Crippen molar-refractivity contribution in [3.05, 3.63) is 39.2 Å². The molecule has 0 N–H and O–H groups in total. The van der Waals surface area contributed by atoms with Crippen LogP contribution in [-0.4, -0.2) is 25.6 Å². The van der Waals surface area contributed by atoms with Gasteiger partial charge in [-0.2, -0.15) is 0 Å². The molecule has 2 rings (SSSR count). The molecular weight excluding hydrogens is 254 g/mol. The Kier molecular flexibility index (Phi) is 4.14. The molecule has 0 saturated heterocycles. The maximum absolute atomic E-state index is 12.3. The molecule has 0 saturated carbocycles. The molecule has 1 heterocycles. The Labute approximate surface area is 119 Å². The van der Waals surface area contributed by atoms with Gasteiger partial charge in [0.25, 0.3) is 0 Å². The molecule has 0 unspecified atom stereocenters. The maximum atomic E-state index is 12.3. The molecule has 0 bridgehead atoms. The summed E-state index contributed by atoms with van der Waals surface area (Å²) in [4.78, 5) is 14.4. The second-order valence-electron chi connectivity index (χ2n) is 5.20. The normalized spacial score (nSPS) is 11.3. The average Bonchev–Trinajstić information content (AvgIpc) is 2.39. The molecule has 0 amide bonds. The second kappa shape index (κ2) is 5.67. The Morgan fingerprint density at radius 2 is 1.95 bits per heavy atom. The van der Waals surface area contributed by atoms with Gasteiger partial charge in [-0.3, -0.25) is 4.79 Å². The molecule has 2 aromatic rings. The first-order valence-corrected chi connectivity index (χ1v) is 6.79. The van der Waals surface area contributed by atoms with Gasteiger partial charge in [0.05, 0.1) is 17.6 Å². The molecule has 0 fully saturated rings. The van der Waals surface area contributed by atoms with Gasteiger partial charge in [0.2, 0.25) is 0 Å². The zero-order valence-electron chi connectivity index (χ0n) is 12.7. The summed E-state index contributed by atoms with van der Waals surface area (Å²) in [6, 6.07) is 3.65. The lowest BCUT2D eigenvalue weighted by molar-refractivity contribution is 0.324. The van der Waals surface area contributed by atoms with Crippen LogP contribution in [0.2, 0.25) is 0 Å². The third-order valence-corrected chi connectivity index (χ3v) is 3.36. The molecule has 108 valence electrons. The monoisotopic (exact) mass is 275 g/mol. The van der Waals surface area contributed by atoms with Crippen LogP contribution in [0.5, 0.6) is 5.75 Å². The molecule has 4 nitrogen and oxygen atoms in total. The summed E-state index contributed by atoms with van der Waals surface area (Å²) in [6.45, 7) is 6.81. The molecule has 0 radical (unpaired) electrons. The van der Waals surface area contributed by atoms with Crippen LogP contribution < -0.4 is 10.2 Å². The lowest BCUT2D eigenvalue weighted by Gasteiger charge is -2.16. The first kappa shape index (κ1) is 14.6. The van der Waals surface area contributed by atoms with E-state index in [0.29, 0.717) is 35.4 Å². The minimum atomic E-state index is 0.0341. The highest BCUT2D eigenvalue weighted by Gasteiger charge is 2.16. The Bertz CT molecular complexity index is 686. The van der Waals surface area contributed by atoms with E-state index in [4.69, 9.17) is 9.15 Å². The molecule has 4 heteroatoms. The molecule has 0 aliphatic carbocycles.